The first-order valence-corrected chi connectivity index (χ1v) is 16.8. The van der Waals surface area contributed by atoms with Crippen LogP contribution < -0.4 is 22.5 Å². The molecule has 2 N–H and O–H groups in total. The Hall–Kier alpha value is -2.25. The van der Waals surface area contributed by atoms with Gasteiger partial charge in [0.2, 0.25) is 0 Å². The summed E-state index contributed by atoms with van der Waals surface area (Å²) in [7, 11) is -4.01. The molecule has 0 radical (unpaired) electrons. The molecule has 2 heterocycles. The molecule has 0 atom stereocenters. The van der Waals surface area contributed by atoms with Gasteiger partial charge in [0, 0.05) is 36.6 Å². The van der Waals surface area contributed by atoms with Crippen LogP contribution in [0.3, 0.4) is 0 Å². The summed E-state index contributed by atoms with van der Waals surface area (Å²) in [5, 5.41) is 0. The molecule has 0 bridgehead atoms. The topological polar surface area (TPSA) is 119 Å². The molecular formula is C20H34N4O5Si2. The second-order valence-electron chi connectivity index (χ2n) is 9.30. The lowest BCUT2D eigenvalue weighted by molar-refractivity contribution is 0.511. The third-order valence-corrected chi connectivity index (χ3v) is 12.9. The fraction of sp³-hybridized carbons (Fsp3) is 0.600. The molecule has 0 amide bonds. The number of nitrogens with one attached hydrogen (secondary N) is 2. The Balaban J connectivity index is 1.91. The van der Waals surface area contributed by atoms with E-state index in [2.05, 4.69) is 36.2 Å². The van der Waals surface area contributed by atoms with E-state index in [9.17, 15) is 19.2 Å². The zero-order valence-electron chi connectivity index (χ0n) is 19.3. The molecule has 172 valence electrons. The van der Waals surface area contributed by atoms with Gasteiger partial charge in [-0.25, -0.2) is 9.59 Å². The fourth-order valence-corrected chi connectivity index (χ4v) is 12.6. The van der Waals surface area contributed by atoms with Gasteiger partial charge in [-0.05, 0) is 65.0 Å². The van der Waals surface area contributed by atoms with Crippen LogP contribution in [-0.4, -0.2) is 35.7 Å². The van der Waals surface area contributed by atoms with Crippen molar-refractivity contribution in [2.24, 2.45) is 0 Å². The van der Waals surface area contributed by atoms with Gasteiger partial charge in [0.15, 0.2) is 16.6 Å². The van der Waals surface area contributed by atoms with E-state index in [1.165, 1.54) is 21.5 Å². The largest absolute Gasteiger partial charge is 0.455 e. The lowest BCUT2D eigenvalue weighted by Crippen LogP contribution is -2.45. The van der Waals surface area contributed by atoms with Crippen LogP contribution in [0, 0.1) is 13.8 Å². The summed E-state index contributed by atoms with van der Waals surface area (Å²) in [5.74, 6) is 0. The van der Waals surface area contributed by atoms with Crippen LogP contribution in [0.1, 0.15) is 24.0 Å². The van der Waals surface area contributed by atoms with Crippen molar-refractivity contribution in [1.82, 2.24) is 19.1 Å². The summed E-state index contributed by atoms with van der Waals surface area (Å²) < 4.78 is 9.10. The fourth-order valence-electron chi connectivity index (χ4n) is 3.81. The highest BCUT2D eigenvalue weighted by atomic mass is 28.4. The zero-order chi connectivity index (χ0) is 23.4. The lowest BCUT2D eigenvalue weighted by Gasteiger charge is -2.34. The van der Waals surface area contributed by atoms with Gasteiger partial charge < -0.3 is 14.1 Å². The predicted octanol–water partition coefficient (Wildman–Crippen LogP) is 1.91. The van der Waals surface area contributed by atoms with E-state index in [-0.39, 0.29) is 22.5 Å². The third-order valence-electron chi connectivity index (χ3n) is 5.35. The van der Waals surface area contributed by atoms with Gasteiger partial charge >= 0.3 is 11.4 Å². The zero-order valence-corrected chi connectivity index (χ0v) is 21.3. The SMILES string of the molecule is Cc1c[nH]c(=O)n(CCC[Si](C)(C)O[Si](C)(C)CCCn2c(=O)[nH]cc(C)c2=O)c1=O. The van der Waals surface area contributed by atoms with Gasteiger partial charge in [-0.3, -0.25) is 18.7 Å². The number of H-pyrrole nitrogens is 2. The van der Waals surface area contributed by atoms with E-state index < -0.39 is 16.6 Å². The van der Waals surface area contributed by atoms with Crippen molar-refractivity contribution < 1.29 is 4.12 Å². The normalized spacial score (nSPS) is 12.3. The Morgan fingerprint density at radius 1 is 0.742 bits per heavy atom. The molecule has 31 heavy (non-hydrogen) atoms. The van der Waals surface area contributed by atoms with Crippen LogP contribution in [0.4, 0.5) is 0 Å². The number of hydrogen-bond acceptors (Lipinski definition) is 5. The number of hydrogen-bond donors (Lipinski definition) is 2. The van der Waals surface area contributed by atoms with Crippen molar-refractivity contribution in [2.75, 3.05) is 0 Å². The van der Waals surface area contributed by atoms with Gasteiger partial charge in [0.25, 0.3) is 11.1 Å². The molecule has 0 saturated carbocycles. The molecule has 0 fully saturated rings. The Bertz CT molecular complexity index is 1050. The van der Waals surface area contributed by atoms with Gasteiger partial charge in [-0.15, -0.1) is 0 Å². The average Bonchev–Trinajstić information content (AvgIpc) is 2.66. The van der Waals surface area contributed by atoms with Crippen molar-refractivity contribution in [2.45, 2.75) is 78.1 Å². The first kappa shape index (κ1) is 25.0. The van der Waals surface area contributed by atoms with Gasteiger partial charge in [0.05, 0.1) is 0 Å². The summed E-state index contributed by atoms with van der Waals surface area (Å²) in [6.45, 7) is 12.7. The molecule has 2 rings (SSSR count). The Kier molecular flexibility index (Phi) is 8.00. The summed E-state index contributed by atoms with van der Waals surface area (Å²) in [6, 6.07) is 1.67. The summed E-state index contributed by atoms with van der Waals surface area (Å²) in [5.41, 5.74) is -0.223. The number of rotatable bonds is 10. The van der Waals surface area contributed by atoms with Crippen molar-refractivity contribution in [3.8, 4) is 0 Å². The minimum absolute atomic E-state index is 0.250. The first-order chi connectivity index (χ1) is 14.3. The van der Waals surface area contributed by atoms with Crippen LogP contribution >= 0.6 is 0 Å². The minimum atomic E-state index is -2.00. The third kappa shape index (κ3) is 6.87. The molecule has 0 unspecified atom stereocenters. The van der Waals surface area contributed by atoms with E-state index in [4.69, 9.17) is 4.12 Å². The quantitative estimate of drug-likeness (QED) is 0.519. The molecule has 2 aromatic heterocycles. The van der Waals surface area contributed by atoms with E-state index >= 15 is 0 Å². The van der Waals surface area contributed by atoms with Crippen LogP contribution in [0.15, 0.2) is 31.6 Å². The number of aromatic nitrogens is 4. The molecule has 0 aromatic carbocycles. The maximum absolute atomic E-state index is 12.2. The van der Waals surface area contributed by atoms with Crippen molar-refractivity contribution in [3.05, 3.63) is 65.2 Å². The molecule has 0 spiro atoms. The highest BCUT2D eigenvalue weighted by Crippen LogP contribution is 2.24. The second-order valence-corrected chi connectivity index (χ2v) is 18.2. The maximum atomic E-state index is 12.2. The molecule has 0 aliphatic rings. The molecule has 0 saturated heterocycles. The second kappa shape index (κ2) is 9.92. The van der Waals surface area contributed by atoms with E-state index in [1.807, 2.05) is 0 Å². The van der Waals surface area contributed by atoms with Crippen LogP contribution in [0.25, 0.3) is 0 Å². The van der Waals surface area contributed by atoms with Crippen LogP contribution in [0.2, 0.25) is 38.3 Å². The standard InChI is InChI=1S/C20H34N4O5Si2/c1-15-13-21-19(27)23(17(15)25)9-7-11-30(3,4)29-31(5,6)12-8-10-24-18(26)16(2)14-22-20(24)28/h13-14H,7-12H2,1-6H3,(H,21,27)(H,22,28). The molecule has 0 aliphatic carbocycles. The lowest BCUT2D eigenvalue weighted by atomic mass is 10.4. The van der Waals surface area contributed by atoms with Crippen molar-refractivity contribution in [1.29, 1.82) is 0 Å². The van der Waals surface area contributed by atoms with Crippen molar-refractivity contribution in [3.63, 3.8) is 0 Å². The smallest absolute Gasteiger partial charge is 0.328 e. The van der Waals surface area contributed by atoms with Crippen LogP contribution in [0.5, 0.6) is 0 Å². The maximum Gasteiger partial charge on any atom is 0.328 e. The summed E-state index contributed by atoms with van der Waals surface area (Å²) >= 11 is 0. The molecule has 2 aromatic rings. The average molecular weight is 467 g/mol. The Morgan fingerprint density at radius 2 is 1.10 bits per heavy atom. The molecule has 9 nitrogen and oxygen atoms in total. The van der Waals surface area contributed by atoms with Crippen LogP contribution in [-0.2, 0) is 17.2 Å². The number of nitrogens with zero attached hydrogens (tertiary/aromatic N) is 2. The van der Waals surface area contributed by atoms with Gasteiger partial charge in [0.1, 0.15) is 0 Å². The van der Waals surface area contributed by atoms with E-state index in [1.54, 1.807) is 13.8 Å². The highest BCUT2D eigenvalue weighted by Gasteiger charge is 2.32. The van der Waals surface area contributed by atoms with E-state index in [0.29, 0.717) is 37.1 Å². The van der Waals surface area contributed by atoms with Gasteiger partial charge in [-0.1, -0.05) is 0 Å². The Morgan fingerprint density at radius 3 is 1.45 bits per heavy atom. The predicted molar refractivity (Wildman–Crippen MR) is 127 cm³/mol. The summed E-state index contributed by atoms with van der Waals surface area (Å²) in [4.78, 5) is 53.3. The highest BCUT2D eigenvalue weighted by molar-refractivity contribution is 6.84. The molecule has 0 aliphatic heterocycles. The number of aryl methyl sites for hydroxylation is 2. The minimum Gasteiger partial charge on any atom is -0.455 e. The number of aromatic amines is 2. The molecular weight excluding hydrogens is 432 g/mol. The van der Waals surface area contributed by atoms with Crippen molar-refractivity contribution >= 4 is 16.6 Å². The monoisotopic (exact) mass is 466 g/mol. The molecule has 11 heteroatoms. The summed E-state index contributed by atoms with van der Waals surface area (Å²) in [6.07, 6.45) is 4.28. The van der Waals surface area contributed by atoms with E-state index in [0.717, 1.165) is 12.1 Å². The Labute approximate surface area is 183 Å². The first-order valence-electron chi connectivity index (χ1n) is 10.6. The van der Waals surface area contributed by atoms with Gasteiger partial charge in [-0.2, -0.15) is 0 Å².